The van der Waals surface area contributed by atoms with Crippen LogP contribution in [0.25, 0.3) is 0 Å². The van der Waals surface area contributed by atoms with E-state index >= 15 is 0 Å². The summed E-state index contributed by atoms with van der Waals surface area (Å²) in [5.74, 6) is 0.125. The molecule has 0 saturated heterocycles. The lowest BCUT2D eigenvalue weighted by Crippen LogP contribution is -2.33. The van der Waals surface area contributed by atoms with Crippen LogP contribution in [0.4, 0.5) is 0 Å². The number of amides is 1. The van der Waals surface area contributed by atoms with Crippen LogP contribution < -0.4 is 10.6 Å². The molecule has 0 bridgehead atoms. The standard InChI is InChI=1S/C18H30N2O/c1-6-14(2)20-17(21)11-12-19-13-15-7-9-16(10-8-15)18(3,4)5/h7-10,14,19H,6,11-13H2,1-5H3,(H,20,21). The molecule has 3 nitrogen and oxygen atoms in total. The number of rotatable bonds is 7. The third kappa shape index (κ3) is 6.76. The van der Waals surface area contributed by atoms with Crippen molar-refractivity contribution < 1.29 is 4.79 Å². The first kappa shape index (κ1) is 17.7. The fourth-order valence-corrected chi connectivity index (χ4v) is 2.01. The van der Waals surface area contributed by atoms with E-state index < -0.39 is 0 Å². The van der Waals surface area contributed by atoms with Crippen LogP contribution >= 0.6 is 0 Å². The van der Waals surface area contributed by atoms with Gasteiger partial charge in [-0.25, -0.2) is 0 Å². The number of nitrogens with one attached hydrogen (secondary N) is 2. The van der Waals surface area contributed by atoms with Crippen LogP contribution in [0.1, 0.15) is 58.6 Å². The van der Waals surface area contributed by atoms with Crippen molar-refractivity contribution in [2.75, 3.05) is 6.54 Å². The van der Waals surface area contributed by atoms with Gasteiger partial charge in [-0.15, -0.1) is 0 Å². The molecule has 1 aromatic rings. The van der Waals surface area contributed by atoms with Gasteiger partial charge in [-0.05, 0) is 29.9 Å². The lowest BCUT2D eigenvalue weighted by atomic mass is 9.87. The van der Waals surface area contributed by atoms with Crippen LogP contribution in [0.15, 0.2) is 24.3 Å². The average molecular weight is 290 g/mol. The van der Waals surface area contributed by atoms with Gasteiger partial charge in [-0.1, -0.05) is 52.0 Å². The zero-order valence-electron chi connectivity index (χ0n) is 14.1. The molecular formula is C18H30N2O. The Hall–Kier alpha value is -1.35. The van der Waals surface area contributed by atoms with Crippen LogP contribution in [0.2, 0.25) is 0 Å². The second kappa shape index (κ2) is 8.18. The first-order valence-electron chi connectivity index (χ1n) is 7.92. The third-order valence-electron chi connectivity index (χ3n) is 3.70. The maximum Gasteiger partial charge on any atom is 0.221 e. The summed E-state index contributed by atoms with van der Waals surface area (Å²) in [5, 5.41) is 6.29. The van der Waals surface area contributed by atoms with E-state index in [-0.39, 0.29) is 17.4 Å². The van der Waals surface area contributed by atoms with Crippen molar-refractivity contribution in [3.05, 3.63) is 35.4 Å². The third-order valence-corrected chi connectivity index (χ3v) is 3.70. The SMILES string of the molecule is CCC(C)NC(=O)CCNCc1ccc(C(C)(C)C)cc1. The van der Waals surface area contributed by atoms with E-state index in [1.54, 1.807) is 0 Å². The molecule has 21 heavy (non-hydrogen) atoms. The molecule has 1 unspecified atom stereocenters. The molecule has 0 spiro atoms. The molecule has 1 atom stereocenters. The summed E-state index contributed by atoms with van der Waals surface area (Å²) >= 11 is 0. The summed E-state index contributed by atoms with van der Waals surface area (Å²) in [7, 11) is 0. The zero-order valence-corrected chi connectivity index (χ0v) is 14.1. The summed E-state index contributed by atoms with van der Waals surface area (Å²) < 4.78 is 0. The molecule has 0 aliphatic rings. The largest absolute Gasteiger partial charge is 0.354 e. The summed E-state index contributed by atoms with van der Waals surface area (Å²) in [5.41, 5.74) is 2.80. The van der Waals surface area contributed by atoms with Crippen LogP contribution in [-0.4, -0.2) is 18.5 Å². The lowest BCUT2D eigenvalue weighted by Gasteiger charge is -2.19. The van der Waals surface area contributed by atoms with Gasteiger partial charge in [0.2, 0.25) is 5.91 Å². The van der Waals surface area contributed by atoms with Crippen molar-refractivity contribution in [3.63, 3.8) is 0 Å². The maximum absolute atomic E-state index is 11.6. The quantitative estimate of drug-likeness (QED) is 0.756. The minimum atomic E-state index is 0.125. The summed E-state index contributed by atoms with van der Waals surface area (Å²) in [6.45, 7) is 12.3. The minimum Gasteiger partial charge on any atom is -0.354 e. The van der Waals surface area contributed by atoms with E-state index in [0.29, 0.717) is 13.0 Å². The van der Waals surface area contributed by atoms with Gasteiger partial charge >= 0.3 is 0 Å². The maximum atomic E-state index is 11.6. The van der Waals surface area contributed by atoms with Crippen molar-refractivity contribution in [1.82, 2.24) is 10.6 Å². The molecule has 0 saturated carbocycles. The Morgan fingerprint density at radius 2 is 1.81 bits per heavy atom. The first-order chi connectivity index (χ1) is 9.82. The van der Waals surface area contributed by atoms with E-state index in [4.69, 9.17) is 0 Å². The van der Waals surface area contributed by atoms with Gasteiger partial charge in [0.15, 0.2) is 0 Å². The molecule has 1 rings (SSSR count). The monoisotopic (exact) mass is 290 g/mol. The van der Waals surface area contributed by atoms with Gasteiger partial charge in [0.1, 0.15) is 0 Å². The molecule has 0 heterocycles. The summed E-state index contributed by atoms with van der Waals surface area (Å²) in [6.07, 6.45) is 1.50. The molecule has 0 radical (unpaired) electrons. The van der Waals surface area contributed by atoms with Crippen molar-refractivity contribution in [3.8, 4) is 0 Å². The Kier molecular flexibility index (Phi) is 6.90. The van der Waals surface area contributed by atoms with Crippen molar-refractivity contribution in [2.24, 2.45) is 0 Å². The Morgan fingerprint density at radius 1 is 1.19 bits per heavy atom. The second-order valence-corrected chi connectivity index (χ2v) is 6.75. The highest BCUT2D eigenvalue weighted by atomic mass is 16.1. The summed E-state index contributed by atoms with van der Waals surface area (Å²) in [6, 6.07) is 8.96. The zero-order chi connectivity index (χ0) is 15.9. The fraction of sp³-hybridized carbons (Fsp3) is 0.611. The van der Waals surface area contributed by atoms with Crippen LogP contribution in [0.3, 0.4) is 0 Å². The lowest BCUT2D eigenvalue weighted by molar-refractivity contribution is -0.121. The molecule has 2 N–H and O–H groups in total. The molecule has 118 valence electrons. The van der Waals surface area contributed by atoms with E-state index in [1.807, 2.05) is 6.92 Å². The van der Waals surface area contributed by atoms with E-state index in [9.17, 15) is 4.79 Å². The topological polar surface area (TPSA) is 41.1 Å². The fourth-order valence-electron chi connectivity index (χ4n) is 2.01. The number of hydrogen-bond acceptors (Lipinski definition) is 2. The predicted octanol–water partition coefficient (Wildman–Crippen LogP) is 3.38. The molecule has 3 heteroatoms. The molecule has 0 fully saturated rings. The highest BCUT2D eigenvalue weighted by molar-refractivity contribution is 5.76. The van der Waals surface area contributed by atoms with Crippen molar-refractivity contribution >= 4 is 5.91 Å². The minimum absolute atomic E-state index is 0.125. The summed E-state index contributed by atoms with van der Waals surface area (Å²) in [4.78, 5) is 11.6. The van der Waals surface area contributed by atoms with Crippen LogP contribution in [-0.2, 0) is 16.8 Å². The van der Waals surface area contributed by atoms with Crippen LogP contribution in [0, 0.1) is 0 Å². The molecule has 0 aliphatic heterocycles. The highest BCUT2D eigenvalue weighted by Crippen LogP contribution is 2.22. The first-order valence-corrected chi connectivity index (χ1v) is 7.92. The van der Waals surface area contributed by atoms with E-state index in [2.05, 4.69) is 62.6 Å². The Balaban J connectivity index is 2.28. The van der Waals surface area contributed by atoms with Gasteiger partial charge in [0.25, 0.3) is 0 Å². The number of carbonyl (C=O) groups is 1. The number of benzene rings is 1. The molecule has 0 aromatic heterocycles. The van der Waals surface area contributed by atoms with Crippen LogP contribution in [0.5, 0.6) is 0 Å². The Morgan fingerprint density at radius 3 is 2.33 bits per heavy atom. The second-order valence-electron chi connectivity index (χ2n) is 6.75. The Bertz CT molecular complexity index is 432. The van der Waals surface area contributed by atoms with Gasteiger partial charge in [0, 0.05) is 25.6 Å². The van der Waals surface area contributed by atoms with E-state index in [1.165, 1.54) is 11.1 Å². The predicted molar refractivity (Wildman–Crippen MR) is 89.4 cm³/mol. The highest BCUT2D eigenvalue weighted by Gasteiger charge is 2.12. The Labute approximate surface area is 129 Å². The number of carbonyl (C=O) groups excluding carboxylic acids is 1. The smallest absolute Gasteiger partial charge is 0.221 e. The average Bonchev–Trinajstić information content (AvgIpc) is 2.43. The normalized spacial score (nSPS) is 13.0. The van der Waals surface area contributed by atoms with Gasteiger partial charge in [0.05, 0.1) is 0 Å². The van der Waals surface area contributed by atoms with Crippen molar-refractivity contribution in [1.29, 1.82) is 0 Å². The number of hydrogen-bond donors (Lipinski definition) is 2. The van der Waals surface area contributed by atoms with Gasteiger partial charge < -0.3 is 10.6 Å². The van der Waals surface area contributed by atoms with Crippen molar-refractivity contribution in [2.45, 2.75) is 65.5 Å². The van der Waals surface area contributed by atoms with Gasteiger partial charge in [-0.3, -0.25) is 4.79 Å². The molecule has 1 amide bonds. The molecular weight excluding hydrogens is 260 g/mol. The van der Waals surface area contributed by atoms with E-state index in [0.717, 1.165) is 13.0 Å². The molecule has 0 aliphatic carbocycles. The molecule has 1 aromatic carbocycles. The van der Waals surface area contributed by atoms with Gasteiger partial charge in [-0.2, -0.15) is 0 Å².